The van der Waals surface area contributed by atoms with Gasteiger partial charge in [0.05, 0.1) is 34.0 Å². The number of benzene rings is 3. The summed E-state index contributed by atoms with van der Waals surface area (Å²) in [7, 11) is 1.89. The molecule has 0 unspecified atom stereocenters. The third-order valence-corrected chi connectivity index (χ3v) is 8.32. The number of amides is 2. The number of urea groups is 1. The minimum Gasteiger partial charge on any atom is -0.481 e. The van der Waals surface area contributed by atoms with Crippen LogP contribution >= 0.6 is 22.9 Å². The number of carbonyl (C=O) groups is 2. The fraction of sp³-hybridized carbons (Fsp3) is 0.312. The lowest BCUT2D eigenvalue weighted by atomic mass is 9.93. The van der Waals surface area contributed by atoms with Gasteiger partial charge in [-0.15, -0.1) is 0 Å². The Balaban J connectivity index is 0.000000682. The Kier molecular flexibility index (Phi) is 8.47. The second-order valence-electron chi connectivity index (χ2n) is 11.6. The van der Waals surface area contributed by atoms with Gasteiger partial charge >= 0.3 is 12.0 Å². The van der Waals surface area contributed by atoms with Crippen LogP contribution in [0.4, 0.5) is 15.6 Å². The Hall–Kier alpha value is -3.99. The van der Waals surface area contributed by atoms with Crippen molar-refractivity contribution in [2.45, 2.75) is 46.1 Å². The molecular weight excluding hydrogens is 586 g/mol. The van der Waals surface area contributed by atoms with Gasteiger partial charge in [-0.3, -0.25) is 19.3 Å². The van der Waals surface area contributed by atoms with E-state index in [1.807, 2.05) is 55.1 Å². The quantitative estimate of drug-likeness (QED) is 0.218. The number of hydrogen-bond acceptors (Lipinski definition) is 6. The van der Waals surface area contributed by atoms with Crippen LogP contribution in [0.25, 0.3) is 32.2 Å². The third kappa shape index (κ3) is 6.66. The summed E-state index contributed by atoms with van der Waals surface area (Å²) in [4.78, 5) is 33.8. The molecule has 2 N–H and O–H groups in total. The van der Waals surface area contributed by atoms with Crippen molar-refractivity contribution >= 4 is 66.9 Å². The Morgan fingerprint density at radius 3 is 2.42 bits per heavy atom. The summed E-state index contributed by atoms with van der Waals surface area (Å²) in [6.07, 6.45) is 2.48. The lowest BCUT2D eigenvalue weighted by Gasteiger charge is -2.34. The molecule has 1 aliphatic rings. The number of carboxylic acid groups (broad SMARTS) is 1. The van der Waals surface area contributed by atoms with Gasteiger partial charge in [-0.2, -0.15) is 5.10 Å². The standard InChI is InChI=1S/C28H24ClN5O3S.C4H10O/c1-16-12-22-26(25(21(16)14-24(35)36)17-4-6-19(29)7-5-17)38-27(31-22)34-11-3-10-33(28(34)37)20-8-9-23-18(13-20)15-30-32(23)2;1-4(2,3)5/h4-9,12-13,15H,3,10-11,14H2,1-2H3,(H,35,36);5H,1-3H3. The van der Waals surface area contributed by atoms with Gasteiger partial charge in [0.25, 0.3) is 0 Å². The van der Waals surface area contributed by atoms with Crippen LogP contribution in [0, 0.1) is 6.92 Å². The molecule has 0 spiro atoms. The zero-order chi connectivity index (χ0) is 31.1. The van der Waals surface area contributed by atoms with Crippen molar-refractivity contribution < 1.29 is 19.8 Å². The first-order valence-electron chi connectivity index (χ1n) is 13.9. The van der Waals surface area contributed by atoms with Crippen LogP contribution in [0.3, 0.4) is 0 Å². The summed E-state index contributed by atoms with van der Waals surface area (Å²) in [6.45, 7) is 8.30. The molecule has 0 aliphatic carbocycles. The van der Waals surface area contributed by atoms with Crippen molar-refractivity contribution in [2.24, 2.45) is 7.05 Å². The maximum Gasteiger partial charge on any atom is 0.330 e. The summed E-state index contributed by atoms with van der Waals surface area (Å²) < 4.78 is 2.66. The van der Waals surface area contributed by atoms with Crippen molar-refractivity contribution in [3.05, 3.63) is 70.9 Å². The van der Waals surface area contributed by atoms with Gasteiger partial charge in [-0.1, -0.05) is 35.1 Å². The summed E-state index contributed by atoms with van der Waals surface area (Å²) in [5.74, 6) is -0.903. The summed E-state index contributed by atoms with van der Waals surface area (Å²) in [5.41, 5.74) is 5.34. The molecule has 0 radical (unpaired) electrons. The number of aryl methyl sites for hydroxylation is 2. The molecule has 2 amide bonds. The average molecular weight is 620 g/mol. The smallest absolute Gasteiger partial charge is 0.330 e. The van der Waals surface area contributed by atoms with Crippen molar-refractivity contribution in [3.63, 3.8) is 0 Å². The molecule has 1 saturated heterocycles. The van der Waals surface area contributed by atoms with Crippen LogP contribution in [0.1, 0.15) is 38.3 Å². The first kappa shape index (κ1) is 30.5. The number of fused-ring (bicyclic) bond motifs is 2. The predicted octanol–water partition coefficient (Wildman–Crippen LogP) is 7.05. The Morgan fingerprint density at radius 1 is 1.07 bits per heavy atom. The topological polar surface area (TPSA) is 112 Å². The molecule has 0 saturated carbocycles. The summed E-state index contributed by atoms with van der Waals surface area (Å²) in [5, 5.41) is 24.6. The zero-order valence-corrected chi connectivity index (χ0v) is 26.3. The molecule has 9 nitrogen and oxygen atoms in total. The monoisotopic (exact) mass is 619 g/mol. The van der Waals surface area contributed by atoms with E-state index in [9.17, 15) is 14.7 Å². The van der Waals surface area contributed by atoms with Crippen molar-refractivity contribution in [3.8, 4) is 11.1 Å². The first-order valence-corrected chi connectivity index (χ1v) is 15.1. The molecule has 43 heavy (non-hydrogen) atoms. The molecule has 0 bridgehead atoms. The number of aliphatic hydroxyl groups is 1. The molecule has 3 heterocycles. The van der Waals surface area contributed by atoms with Crippen molar-refractivity contribution in [1.82, 2.24) is 14.8 Å². The first-order chi connectivity index (χ1) is 20.3. The van der Waals surface area contributed by atoms with Gasteiger partial charge in [-0.25, -0.2) is 9.78 Å². The summed E-state index contributed by atoms with van der Waals surface area (Å²) in [6, 6.07) is 15.1. The molecule has 11 heteroatoms. The van der Waals surface area contributed by atoms with Gasteiger partial charge in [0.1, 0.15) is 0 Å². The van der Waals surface area contributed by atoms with Gasteiger partial charge in [0.15, 0.2) is 5.13 Å². The number of rotatable bonds is 5. The second kappa shape index (κ2) is 11.9. The number of carboxylic acids is 1. The van der Waals surface area contributed by atoms with Crippen LogP contribution < -0.4 is 9.80 Å². The largest absolute Gasteiger partial charge is 0.481 e. The minimum absolute atomic E-state index is 0.111. The molecule has 3 aromatic carbocycles. The average Bonchev–Trinajstić information content (AvgIpc) is 3.51. The van der Waals surface area contributed by atoms with E-state index in [1.165, 1.54) is 11.3 Å². The van der Waals surface area contributed by atoms with E-state index < -0.39 is 11.6 Å². The van der Waals surface area contributed by atoms with Crippen molar-refractivity contribution in [2.75, 3.05) is 22.9 Å². The number of hydrogen-bond donors (Lipinski definition) is 2. The van der Waals surface area contributed by atoms with E-state index >= 15 is 0 Å². The number of aliphatic carboxylic acids is 1. The Morgan fingerprint density at radius 2 is 1.74 bits per heavy atom. The molecule has 2 aromatic heterocycles. The van der Waals surface area contributed by atoms with Gasteiger partial charge in [-0.05, 0) is 87.2 Å². The molecular formula is C32H34ClN5O4S. The number of carbonyl (C=O) groups excluding carboxylic acids is 1. The van der Waals surface area contributed by atoms with Crippen molar-refractivity contribution in [1.29, 1.82) is 0 Å². The Labute approximate surface area is 258 Å². The fourth-order valence-electron chi connectivity index (χ4n) is 5.10. The summed E-state index contributed by atoms with van der Waals surface area (Å²) >= 11 is 7.55. The molecule has 6 rings (SSSR count). The molecule has 1 aliphatic heterocycles. The number of thiazole rings is 1. The number of aromatic nitrogens is 3. The lowest BCUT2D eigenvalue weighted by molar-refractivity contribution is -0.136. The molecule has 1 fully saturated rings. The van der Waals surface area contributed by atoms with Gasteiger partial charge < -0.3 is 10.2 Å². The molecule has 5 aromatic rings. The van der Waals surface area contributed by atoms with E-state index in [4.69, 9.17) is 21.7 Å². The number of anilines is 2. The predicted molar refractivity (Wildman–Crippen MR) is 174 cm³/mol. The van der Waals surface area contributed by atoms with E-state index in [0.717, 1.165) is 55.5 Å². The van der Waals surface area contributed by atoms with Crippen LogP contribution in [0.5, 0.6) is 0 Å². The fourth-order valence-corrected chi connectivity index (χ4v) is 6.38. The van der Waals surface area contributed by atoms with Crippen LogP contribution in [-0.2, 0) is 18.3 Å². The van der Waals surface area contributed by atoms with Crippen LogP contribution in [0.15, 0.2) is 54.7 Å². The molecule has 0 atom stereocenters. The van der Waals surface area contributed by atoms with E-state index in [2.05, 4.69) is 5.10 Å². The maximum atomic E-state index is 13.7. The minimum atomic E-state index is -0.903. The number of nitrogens with zero attached hydrogens (tertiary/aromatic N) is 5. The highest BCUT2D eigenvalue weighted by atomic mass is 35.5. The highest BCUT2D eigenvalue weighted by molar-refractivity contribution is 7.23. The second-order valence-corrected chi connectivity index (χ2v) is 13.0. The van der Waals surface area contributed by atoms with Crippen LogP contribution in [-0.4, -0.2) is 55.7 Å². The van der Waals surface area contributed by atoms with Gasteiger partial charge in [0.2, 0.25) is 0 Å². The lowest BCUT2D eigenvalue weighted by Crippen LogP contribution is -2.49. The maximum absolute atomic E-state index is 13.7. The van der Waals surface area contributed by atoms with Gasteiger partial charge in [0, 0.05) is 41.8 Å². The third-order valence-electron chi connectivity index (χ3n) is 6.96. The van der Waals surface area contributed by atoms with E-state index in [-0.39, 0.29) is 12.5 Å². The highest BCUT2D eigenvalue weighted by Crippen LogP contribution is 2.41. The Bertz CT molecular complexity index is 1820. The van der Waals surface area contributed by atoms with Crippen LogP contribution in [0.2, 0.25) is 5.02 Å². The normalized spacial score (nSPS) is 13.9. The highest BCUT2D eigenvalue weighted by Gasteiger charge is 2.31. The number of halogens is 1. The van der Waals surface area contributed by atoms with E-state index in [1.54, 1.807) is 48.9 Å². The molecule has 224 valence electrons. The van der Waals surface area contributed by atoms with E-state index in [0.29, 0.717) is 23.2 Å². The SMILES string of the molecule is CC(C)(C)O.Cc1cc2nc(N3CCCN(c4ccc5c(cnn5C)c4)C3=O)sc2c(-c2ccc(Cl)cc2)c1CC(=O)O. The zero-order valence-electron chi connectivity index (χ0n) is 24.8.